The van der Waals surface area contributed by atoms with Crippen molar-refractivity contribution in [2.75, 3.05) is 0 Å². The van der Waals surface area contributed by atoms with Gasteiger partial charge in [0, 0.05) is 13.2 Å². The largest absolute Gasteiger partial charge is 0.340 e. The minimum Gasteiger partial charge on any atom is -0.340 e. The molecule has 0 amide bonds. The standard InChI is InChI=1S/C12H14FN3/c1-8-3-9(5-10(13)4-8)12(14)11-6-16(2)7-15-11/h3-7,12H,14H2,1-2H3. The van der Waals surface area contributed by atoms with Crippen molar-refractivity contribution >= 4 is 0 Å². The summed E-state index contributed by atoms with van der Waals surface area (Å²) in [6.45, 7) is 1.84. The van der Waals surface area contributed by atoms with Gasteiger partial charge in [-0.3, -0.25) is 0 Å². The highest BCUT2D eigenvalue weighted by Gasteiger charge is 2.12. The number of halogens is 1. The molecule has 4 heteroatoms. The van der Waals surface area contributed by atoms with E-state index >= 15 is 0 Å². The number of benzene rings is 1. The van der Waals surface area contributed by atoms with Crippen molar-refractivity contribution in [2.24, 2.45) is 12.8 Å². The van der Waals surface area contributed by atoms with Gasteiger partial charge in [-0.05, 0) is 30.2 Å². The Morgan fingerprint density at radius 3 is 2.69 bits per heavy atom. The molecule has 0 aliphatic rings. The van der Waals surface area contributed by atoms with Crippen LogP contribution in [0.25, 0.3) is 0 Å². The fourth-order valence-corrected chi connectivity index (χ4v) is 1.71. The molecule has 0 aliphatic carbocycles. The molecule has 0 fully saturated rings. The minimum atomic E-state index is -0.379. The number of rotatable bonds is 2. The van der Waals surface area contributed by atoms with Crippen molar-refractivity contribution in [1.82, 2.24) is 9.55 Å². The Balaban J connectivity index is 2.37. The van der Waals surface area contributed by atoms with Crippen molar-refractivity contribution < 1.29 is 4.39 Å². The minimum absolute atomic E-state index is 0.263. The van der Waals surface area contributed by atoms with Gasteiger partial charge in [-0.15, -0.1) is 0 Å². The van der Waals surface area contributed by atoms with Crippen molar-refractivity contribution in [3.8, 4) is 0 Å². The van der Waals surface area contributed by atoms with Gasteiger partial charge in [0.05, 0.1) is 18.1 Å². The number of hydrogen-bond acceptors (Lipinski definition) is 2. The van der Waals surface area contributed by atoms with Gasteiger partial charge in [-0.2, -0.15) is 0 Å². The first-order chi connectivity index (χ1) is 7.56. The van der Waals surface area contributed by atoms with Gasteiger partial charge in [0.2, 0.25) is 0 Å². The fraction of sp³-hybridized carbons (Fsp3) is 0.250. The van der Waals surface area contributed by atoms with E-state index in [1.54, 1.807) is 6.33 Å². The number of imidazole rings is 1. The highest BCUT2D eigenvalue weighted by molar-refractivity contribution is 5.30. The van der Waals surface area contributed by atoms with Crippen molar-refractivity contribution in [1.29, 1.82) is 0 Å². The first kappa shape index (κ1) is 10.8. The Morgan fingerprint density at radius 1 is 1.38 bits per heavy atom. The molecule has 16 heavy (non-hydrogen) atoms. The van der Waals surface area contributed by atoms with E-state index in [1.807, 2.05) is 30.8 Å². The second kappa shape index (κ2) is 4.06. The van der Waals surface area contributed by atoms with Gasteiger partial charge >= 0.3 is 0 Å². The molecule has 1 atom stereocenters. The van der Waals surface area contributed by atoms with Crippen LogP contribution in [0, 0.1) is 12.7 Å². The molecular formula is C12H14FN3. The lowest BCUT2D eigenvalue weighted by Gasteiger charge is -2.10. The fourth-order valence-electron chi connectivity index (χ4n) is 1.71. The maximum Gasteiger partial charge on any atom is 0.123 e. The number of nitrogens with zero attached hydrogens (tertiary/aromatic N) is 2. The van der Waals surface area contributed by atoms with Crippen molar-refractivity contribution in [2.45, 2.75) is 13.0 Å². The van der Waals surface area contributed by atoms with Crippen LogP contribution in [0.5, 0.6) is 0 Å². The maximum absolute atomic E-state index is 13.2. The van der Waals surface area contributed by atoms with Crippen LogP contribution in [0.2, 0.25) is 0 Å². The number of nitrogens with two attached hydrogens (primary N) is 1. The summed E-state index contributed by atoms with van der Waals surface area (Å²) in [6.07, 6.45) is 3.52. The van der Waals surface area contributed by atoms with E-state index < -0.39 is 0 Å². The van der Waals surface area contributed by atoms with Gasteiger partial charge in [-0.1, -0.05) is 6.07 Å². The van der Waals surface area contributed by atoms with Gasteiger partial charge in [0.15, 0.2) is 0 Å². The van der Waals surface area contributed by atoms with E-state index in [-0.39, 0.29) is 11.9 Å². The quantitative estimate of drug-likeness (QED) is 0.838. The van der Waals surface area contributed by atoms with Crippen molar-refractivity contribution in [3.05, 3.63) is 53.4 Å². The average Bonchev–Trinajstić information content (AvgIpc) is 2.62. The summed E-state index contributed by atoms with van der Waals surface area (Å²) < 4.78 is 15.0. The molecule has 0 bridgehead atoms. The summed E-state index contributed by atoms with van der Waals surface area (Å²) >= 11 is 0. The second-order valence-corrected chi connectivity index (χ2v) is 4.00. The van der Waals surface area contributed by atoms with Crippen LogP contribution in [0.1, 0.15) is 22.9 Å². The SMILES string of the molecule is Cc1cc(F)cc(C(N)c2cn(C)cn2)c1. The van der Waals surface area contributed by atoms with E-state index in [4.69, 9.17) is 5.73 Å². The molecule has 0 saturated heterocycles. The zero-order chi connectivity index (χ0) is 11.7. The Labute approximate surface area is 93.7 Å². The molecule has 1 aromatic heterocycles. The van der Waals surface area contributed by atoms with E-state index in [0.717, 1.165) is 16.8 Å². The Morgan fingerprint density at radius 2 is 2.12 bits per heavy atom. The zero-order valence-corrected chi connectivity index (χ0v) is 9.31. The Kier molecular flexibility index (Phi) is 2.75. The van der Waals surface area contributed by atoms with Crippen LogP contribution in [-0.2, 0) is 7.05 Å². The van der Waals surface area contributed by atoms with Crippen LogP contribution in [0.3, 0.4) is 0 Å². The lowest BCUT2D eigenvalue weighted by molar-refractivity contribution is 0.622. The summed E-state index contributed by atoms with van der Waals surface area (Å²) in [5, 5.41) is 0. The molecule has 84 valence electrons. The lowest BCUT2D eigenvalue weighted by Crippen LogP contribution is -2.12. The molecule has 1 unspecified atom stereocenters. The molecule has 2 N–H and O–H groups in total. The predicted octanol–water partition coefficient (Wildman–Crippen LogP) is 1.92. The van der Waals surface area contributed by atoms with Crippen LogP contribution in [0.4, 0.5) is 4.39 Å². The summed E-state index contributed by atoms with van der Waals surface area (Å²) in [5.41, 5.74) is 8.38. The highest BCUT2D eigenvalue weighted by Crippen LogP contribution is 2.19. The van der Waals surface area contributed by atoms with E-state index in [1.165, 1.54) is 12.1 Å². The van der Waals surface area contributed by atoms with Crippen LogP contribution in [0.15, 0.2) is 30.7 Å². The molecule has 2 aromatic rings. The molecule has 0 aliphatic heterocycles. The first-order valence-corrected chi connectivity index (χ1v) is 5.07. The molecule has 2 rings (SSSR count). The second-order valence-electron chi connectivity index (χ2n) is 4.00. The van der Waals surface area contributed by atoms with Crippen LogP contribution in [-0.4, -0.2) is 9.55 Å². The smallest absolute Gasteiger partial charge is 0.123 e. The normalized spacial score (nSPS) is 12.8. The molecule has 0 spiro atoms. The van der Waals surface area contributed by atoms with Crippen LogP contribution >= 0.6 is 0 Å². The summed E-state index contributed by atoms with van der Waals surface area (Å²) in [7, 11) is 1.88. The monoisotopic (exact) mass is 219 g/mol. The number of aryl methyl sites for hydroxylation is 2. The van der Waals surface area contributed by atoms with Gasteiger partial charge in [0.1, 0.15) is 5.82 Å². The van der Waals surface area contributed by atoms with Crippen LogP contribution < -0.4 is 5.73 Å². The third-order valence-corrected chi connectivity index (χ3v) is 2.47. The molecule has 3 nitrogen and oxygen atoms in total. The van der Waals surface area contributed by atoms with Gasteiger partial charge in [-0.25, -0.2) is 9.37 Å². The average molecular weight is 219 g/mol. The number of hydrogen-bond donors (Lipinski definition) is 1. The summed E-state index contributed by atoms with van der Waals surface area (Å²) in [5.74, 6) is -0.263. The van der Waals surface area contributed by atoms with Gasteiger partial charge in [0.25, 0.3) is 0 Å². The molecule has 0 saturated carbocycles. The molecule has 0 radical (unpaired) electrons. The Bertz CT molecular complexity index is 484. The molecule has 1 heterocycles. The molecule has 1 aromatic carbocycles. The maximum atomic E-state index is 13.2. The third kappa shape index (κ3) is 2.12. The number of aromatic nitrogens is 2. The van der Waals surface area contributed by atoms with Crippen molar-refractivity contribution in [3.63, 3.8) is 0 Å². The first-order valence-electron chi connectivity index (χ1n) is 5.07. The van der Waals surface area contributed by atoms with Gasteiger partial charge < -0.3 is 10.3 Å². The van der Waals surface area contributed by atoms with E-state index in [2.05, 4.69) is 4.98 Å². The zero-order valence-electron chi connectivity index (χ0n) is 9.31. The summed E-state index contributed by atoms with van der Waals surface area (Å²) in [6, 6.07) is 4.43. The highest BCUT2D eigenvalue weighted by atomic mass is 19.1. The lowest BCUT2D eigenvalue weighted by atomic mass is 10.0. The predicted molar refractivity (Wildman–Crippen MR) is 60.4 cm³/mol. The topological polar surface area (TPSA) is 43.8 Å². The Hall–Kier alpha value is -1.68. The van der Waals surface area contributed by atoms with E-state index in [9.17, 15) is 4.39 Å². The summed E-state index contributed by atoms with van der Waals surface area (Å²) in [4.78, 5) is 4.17. The third-order valence-electron chi connectivity index (χ3n) is 2.47. The van der Waals surface area contributed by atoms with E-state index in [0.29, 0.717) is 0 Å². The molecular weight excluding hydrogens is 205 g/mol.